The summed E-state index contributed by atoms with van der Waals surface area (Å²) < 4.78 is 4.43. The Labute approximate surface area is 140 Å². The third-order valence-corrected chi connectivity index (χ3v) is 5.77. The van der Waals surface area contributed by atoms with Gasteiger partial charge in [-0.05, 0) is 10.3 Å². The highest BCUT2D eigenvalue weighted by molar-refractivity contribution is 7.66. The molecule has 10 heteroatoms. The van der Waals surface area contributed by atoms with E-state index in [1.165, 1.54) is 32.2 Å². The van der Waals surface area contributed by atoms with Gasteiger partial charge >= 0.3 is 0 Å². The number of benzene rings is 1. The summed E-state index contributed by atoms with van der Waals surface area (Å²) in [4.78, 5) is 0. The predicted molar refractivity (Wildman–Crippen MR) is 88.3 cm³/mol. The van der Waals surface area contributed by atoms with Crippen LogP contribution < -0.4 is 4.67 Å². The second kappa shape index (κ2) is 6.71. The lowest BCUT2D eigenvalue weighted by molar-refractivity contribution is 1.08. The maximum atomic E-state index is 6.08. The van der Waals surface area contributed by atoms with Crippen molar-refractivity contribution in [2.45, 2.75) is 0 Å². The lowest BCUT2D eigenvalue weighted by atomic mass is 10.2. The van der Waals surface area contributed by atoms with E-state index in [-0.39, 0.29) is 5.17 Å². The molecule has 0 bridgehead atoms. The molecule has 0 unspecified atom stereocenters. The Morgan fingerprint density at radius 2 is 1.95 bits per heavy atom. The minimum absolute atomic E-state index is 0.171. The number of hydrogen-bond donors (Lipinski definition) is 0. The van der Waals surface area contributed by atoms with Gasteiger partial charge in [0, 0.05) is 16.1 Å². The van der Waals surface area contributed by atoms with Gasteiger partial charge in [-0.1, -0.05) is 64.9 Å². The molecule has 0 aliphatic heterocycles. The first-order valence-electron chi connectivity index (χ1n) is 5.52. The Balaban J connectivity index is 1.88. The molecular formula is C11H5Cl2N5S3. The van der Waals surface area contributed by atoms with E-state index in [2.05, 4.69) is 24.8 Å². The van der Waals surface area contributed by atoms with Crippen molar-refractivity contribution in [3.63, 3.8) is 0 Å². The largest absolute Gasteiger partial charge is 0.189 e. The van der Waals surface area contributed by atoms with Gasteiger partial charge in [-0.25, -0.2) is 0 Å². The zero-order valence-corrected chi connectivity index (χ0v) is 14.1. The van der Waals surface area contributed by atoms with E-state index in [9.17, 15) is 0 Å². The van der Waals surface area contributed by atoms with Crippen molar-refractivity contribution in [3.8, 4) is 10.6 Å². The minimum Gasteiger partial charge on any atom is -0.167 e. The number of aromatic nitrogens is 3. The molecule has 0 N–H and O–H groups in total. The van der Waals surface area contributed by atoms with Gasteiger partial charge in [0.15, 0.2) is 20.0 Å². The number of halogens is 2. The van der Waals surface area contributed by atoms with Crippen molar-refractivity contribution in [2.24, 2.45) is 10.2 Å². The standard InChI is InChI=1S/C11H5Cl2N5S3/c12-7(14-17-11-8(13)18-21-20-11)10-16-15-9(19-10)6-4-2-1-3-5-6/h1-5H/b14-7-,17-11+. The SMILES string of the molecule is Cl/C(=N\N=c1\ssnc1Cl)c1nnc(-c2ccccc2)s1. The lowest BCUT2D eigenvalue weighted by Gasteiger charge is -1.91. The van der Waals surface area contributed by atoms with Crippen molar-refractivity contribution in [3.05, 3.63) is 45.2 Å². The van der Waals surface area contributed by atoms with Crippen molar-refractivity contribution < 1.29 is 0 Å². The summed E-state index contributed by atoms with van der Waals surface area (Å²) in [6, 6.07) is 9.73. The molecule has 0 saturated heterocycles. The van der Waals surface area contributed by atoms with Crippen LogP contribution in [0.4, 0.5) is 0 Å². The van der Waals surface area contributed by atoms with Gasteiger partial charge in [-0.15, -0.1) is 20.4 Å². The Hall–Kier alpha value is -1.19. The molecular weight excluding hydrogens is 369 g/mol. The average molecular weight is 374 g/mol. The fourth-order valence-electron chi connectivity index (χ4n) is 1.35. The topological polar surface area (TPSA) is 63.4 Å². The molecule has 0 spiro atoms. The van der Waals surface area contributed by atoms with Crippen molar-refractivity contribution in [1.29, 1.82) is 0 Å². The van der Waals surface area contributed by atoms with Crippen molar-refractivity contribution in [2.75, 3.05) is 0 Å². The van der Waals surface area contributed by atoms with Crippen LogP contribution in [0.3, 0.4) is 0 Å². The van der Waals surface area contributed by atoms with Crippen LogP contribution in [0.25, 0.3) is 10.6 Å². The summed E-state index contributed by atoms with van der Waals surface area (Å²) >= 11 is 13.3. The molecule has 5 nitrogen and oxygen atoms in total. The van der Waals surface area contributed by atoms with Gasteiger partial charge in [-0.3, -0.25) is 0 Å². The van der Waals surface area contributed by atoms with E-state index in [4.69, 9.17) is 23.2 Å². The summed E-state index contributed by atoms with van der Waals surface area (Å²) in [5.74, 6) is 0. The minimum atomic E-state index is 0.171. The van der Waals surface area contributed by atoms with Gasteiger partial charge in [0.25, 0.3) is 0 Å². The first-order valence-corrected chi connectivity index (χ1v) is 9.20. The first-order chi connectivity index (χ1) is 10.2. The van der Waals surface area contributed by atoms with Gasteiger partial charge in [0.1, 0.15) is 5.01 Å². The Kier molecular flexibility index (Phi) is 4.71. The molecule has 0 amide bonds. The van der Waals surface area contributed by atoms with Crippen molar-refractivity contribution in [1.82, 2.24) is 14.6 Å². The summed E-state index contributed by atoms with van der Waals surface area (Å²) in [6.45, 7) is 0. The van der Waals surface area contributed by atoms with Crippen LogP contribution in [0.1, 0.15) is 5.01 Å². The fraction of sp³-hybridized carbons (Fsp3) is 0. The van der Waals surface area contributed by atoms with Crippen LogP contribution in [0, 0.1) is 0 Å². The van der Waals surface area contributed by atoms with Crippen molar-refractivity contribution >= 4 is 60.6 Å². The van der Waals surface area contributed by atoms with E-state index >= 15 is 0 Å². The monoisotopic (exact) mass is 373 g/mol. The molecule has 0 saturated carbocycles. The molecule has 0 aliphatic rings. The van der Waals surface area contributed by atoms with E-state index in [1.54, 1.807) is 0 Å². The van der Waals surface area contributed by atoms with Crippen LogP contribution in [0.2, 0.25) is 5.15 Å². The third kappa shape index (κ3) is 3.53. The summed E-state index contributed by atoms with van der Waals surface area (Å²) in [5, 5.41) is 17.8. The van der Waals surface area contributed by atoms with Gasteiger partial charge in [0.2, 0.25) is 0 Å². The molecule has 106 valence electrons. The zero-order chi connectivity index (χ0) is 14.7. The van der Waals surface area contributed by atoms with E-state index < -0.39 is 0 Å². The number of rotatable bonds is 3. The van der Waals surface area contributed by atoms with Crippen LogP contribution in [-0.4, -0.2) is 19.7 Å². The van der Waals surface area contributed by atoms with Gasteiger partial charge in [-0.2, -0.15) is 4.37 Å². The predicted octanol–water partition coefficient (Wildman–Crippen LogP) is 3.88. The highest BCUT2D eigenvalue weighted by Crippen LogP contribution is 2.24. The quantitative estimate of drug-likeness (QED) is 0.397. The molecule has 0 radical (unpaired) electrons. The smallest absolute Gasteiger partial charge is 0.167 e. The Morgan fingerprint density at radius 3 is 2.67 bits per heavy atom. The Bertz CT molecular complexity index is 837. The molecule has 3 aromatic rings. The second-order valence-electron chi connectivity index (χ2n) is 3.61. The number of hydrogen-bond acceptors (Lipinski definition) is 8. The second-order valence-corrected chi connectivity index (χ2v) is 7.14. The van der Waals surface area contributed by atoms with Crippen LogP contribution >= 0.6 is 55.4 Å². The molecule has 1 aromatic carbocycles. The highest BCUT2D eigenvalue weighted by Gasteiger charge is 2.10. The highest BCUT2D eigenvalue weighted by atomic mass is 35.5. The van der Waals surface area contributed by atoms with E-state index in [0.29, 0.717) is 14.8 Å². The fourth-order valence-corrected chi connectivity index (χ4v) is 4.18. The van der Waals surface area contributed by atoms with Gasteiger partial charge < -0.3 is 0 Å². The Morgan fingerprint density at radius 1 is 1.14 bits per heavy atom. The summed E-state index contributed by atoms with van der Waals surface area (Å²) in [5.41, 5.74) is 0.981. The lowest BCUT2D eigenvalue weighted by Crippen LogP contribution is -1.95. The molecule has 0 fully saturated rings. The average Bonchev–Trinajstić information content (AvgIpc) is 3.15. The first kappa shape index (κ1) is 14.7. The summed E-state index contributed by atoms with van der Waals surface area (Å²) in [6.07, 6.45) is 0. The van der Waals surface area contributed by atoms with Crippen LogP contribution in [0.5, 0.6) is 0 Å². The third-order valence-electron chi connectivity index (χ3n) is 2.26. The van der Waals surface area contributed by atoms with E-state index in [0.717, 1.165) is 10.6 Å². The molecule has 3 rings (SSSR count). The summed E-state index contributed by atoms with van der Waals surface area (Å²) in [7, 11) is 2.57. The van der Waals surface area contributed by atoms with Crippen LogP contribution in [-0.2, 0) is 0 Å². The molecule has 0 atom stereocenters. The number of nitrogens with zero attached hydrogens (tertiary/aromatic N) is 5. The maximum absolute atomic E-state index is 6.08. The molecule has 2 heterocycles. The molecule has 0 aliphatic carbocycles. The van der Waals surface area contributed by atoms with Crippen LogP contribution in [0.15, 0.2) is 40.5 Å². The van der Waals surface area contributed by atoms with Gasteiger partial charge in [0.05, 0.1) is 0 Å². The molecule has 2 aromatic heterocycles. The molecule has 21 heavy (non-hydrogen) atoms. The zero-order valence-electron chi connectivity index (χ0n) is 10.1. The van der Waals surface area contributed by atoms with E-state index in [1.807, 2.05) is 30.3 Å². The normalized spacial score (nSPS) is 12.9. The maximum Gasteiger partial charge on any atom is 0.189 e.